The molecule has 2 aromatic heterocycles. The Morgan fingerprint density at radius 1 is 1.15 bits per heavy atom. The molecule has 1 fully saturated rings. The molecule has 0 radical (unpaired) electrons. The van der Waals surface area contributed by atoms with E-state index >= 15 is 0 Å². The van der Waals surface area contributed by atoms with Gasteiger partial charge in [0.05, 0.1) is 16.1 Å². The summed E-state index contributed by atoms with van der Waals surface area (Å²) >= 11 is 3.33. The Kier molecular flexibility index (Phi) is 4.65. The normalized spacial score (nSPS) is 14.7. The SMILES string of the molecule is Cc1ccc(C(=O)N2CCN(c3nc(-c4cccs4)cs3)CC2)c(O)c1. The lowest BCUT2D eigenvalue weighted by Gasteiger charge is -2.34. The van der Waals surface area contributed by atoms with Crippen LogP contribution >= 0.6 is 22.7 Å². The number of aryl methyl sites for hydroxylation is 1. The van der Waals surface area contributed by atoms with Gasteiger partial charge in [0.15, 0.2) is 5.13 Å². The van der Waals surface area contributed by atoms with Gasteiger partial charge in [-0.3, -0.25) is 4.79 Å². The van der Waals surface area contributed by atoms with Crippen LogP contribution in [0.5, 0.6) is 5.75 Å². The molecule has 1 aliphatic heterocycles. The van der Waals surface area contributed by atoms with Gasteiger partial charge in [-0.2, -0.15) is 0 Å². The number of carbonyl (C=O) groups excluding carboxylic acids is 1. The average molecular weight is 386 g/mol. The lowest BCUT2D eigenvalue weighted by molar-refractivity contribution is 0.0743. The molecule has 7 heteroatoms. The van der Waals surface area contributed by atoms with Crippen molar-refractivity contribution in [3.8, 4) is 16.3 Å². The number of phenols is 1. The molecule has 4 rings (SSSR count). The van der Waals surface area contributed by atoms with Gasteiger partial charge in [0.1, 0.15) is 5.75 Å². The van der Waals surface area contributed by atoms with Gasteiger partial charge >= 0.3 is 0 Å². The Morgan fingerprint density at radius 3 is 2.65 bits per heavy atom. The van der Waals surface area contributed by atoms with E-state index in [1.165, 1.54) is 4.88 Å². The summed E-state index contributed by atoms with van der Waals surface area (Å²) in [4.78, 5) is 22.6. The van der Waals surface area contributed by atoms with Crippen molar-refractivity contribution in [2.75, 3.05) is 31.1 Å². The van der Waals surface area contributed by atoms with Crippen LogP contribution in [0.15, 0.2) is 41.1 Å². The molecule has 1 saturated heterocycles. The molecule has 5 nitrogen and oxygen atoms in total. The smallest absolute Gasteiger partial charge is 0.257 e. The molecular formula is C19H19N3O2S2. The third-order valence-electron chi connectivity index (χ3n) is 4.49. The number of nitrogens with zero attached hydrogens (tertiary/aromatic N) is 3. The zero-order valence-corrected chi connectivity index (χ0v) is 16.0. The largest absolute Gasteiger partial charge is 0.507 e. The van der Waals surface area contributed by atoms with E-state index in [-0.39, 0.29) is 11.7 Å². The van der Waals surface area contributed by atoms with E-state index in [0.29, 0.717) is 18.7 Å². The number of rotatable bonds is 3. The second-order valence-corrected chi connectivity index (χ2v) is 8.08. The Morgan fingerprint density at radius 2 is 1.96 bits per heavy atom. The van der Waals surface area contributed by atoms with Gasteiger partial charge in [-0.25, -0.2) is 4.98 Å². The highest BCUT2D eigenvalue weighted by Gasteiger charge is 2.25. The molecular weight excluding hydrogens is 366 g/mol. The number of hydrogen-bond acceptors (Lipinski definition) is 6. The zero-order chi connectivity index (χ0) is 18.1. The summed E-state index contributed by atoms with van der Waals surface area (Å²) in [6.07, 6.45) is 0. The highest BCUT2D eigenvalue weighted by Crippen LogP contribution is 2.31. The molecule has 134 valence electrons. The van der Waals surface area contributed by atoms with Crippen molar-refractivity contribution in [1.82, 2.24) is 9.88 Å². The predicted molar refractivity (Wildman–Crippen MR) is 106 cm³/mol. The van der Waals surface area contributed by atoms with Gasteiger partial charge in [-0.1, -0.05) is 12.1 Å². The standard InChI is InChI=1S/C19H19N3O2S2/c1-13-4-5-14(16(23)11-13)18(24)21-6-8-22(9-7-21)19-20-15(12-26-19)17-3-2-10-25-17/h2-5,10-12,23H,6-9H2,1H3. The molecule has 3 heterocycles. The molecule has 26 heavy (non-hydrogen) atoms. The van der Waals surface area contributed by atoms with Gasteiger partial charge < -0.3 is 14.9 Å². The fraction of sp³-hybridized carbons (Fsp3) is 0.263. The van der Waals surface area contributed by atoms with Gasteiger partial charge in [0.2, 0.25) is 0 Å². The van der Waals surface area contributed by atoms with Crippen LogP contribution in [-0.4, -0.2) is 47.1 Å². The number of aromatic nitrogens is 1. The maximum atomic E-state index is 12.7. The van der Waals surface area contributed by atoms with Crippen molar-refractivity contribution in [2.45, 2.75) is 6.92 Å². The number of hydrogen-bond donors (Lipinski definition) is 1. The van der Waals surface area contributed by atoms with Crippen LogP contribution in [0.4, 0.5) is 5.13 Å². The van der Waals surface area contributed by atoms with Gasteiger partial charge in [-0.15, -0.1) is 22.7 Å². The summed E-state index contributed by atoms with van der Waals surface area (Å²) in [6.45, 7) is 4.64. The number of carbonyl (C=O) groups is 1. The maximum absolute atomic E-state index is 12.7. The van der Waals surface area contributed by atoms with Gasteiger partial charge in [0.25, 0.3) is 5.91 Å². The first-order valence-corrected chi connectivity index (χ1v) is 10.2. The Labute approximate surface area is 160 Å². The maximum Gasteiger partial charge on any atom is 0.257 e. The topological polar surface area (TPSA) is 56.7 Å². The summed E-state index contributed by atoms with van der Waals surface area (Å²) in [5, 5.41) is 15.2. The average Bonchev–Trinajstić information content (AvgIpc) is 3.33. The summed E-state index contributed by atoms with van der Waals surface area (Å²) in [5.41, 5.74) is 2.33. The van der Waals surface area contributed by atoms with Crippen molar-refractivity contribution in [2.24, 2.45) is 0 Å². The summed E-state index contributed by atoms with van der Waals surface area (Å²) in [5.74, 6) is -0.0569. The number of thiazole rings is 1. The number of aromatic hydroxyl groups is 1. The summed E-state index contributed by atoms with van der Waals surface area (Å²) in [7, 11) is 0. The van der Waals surface area contributed by atoms with Crippen molar-refractivity contribution >= 4 is 33.7 Å². The van der Waals surface area contributed by atoms with Crippen LogP contribution in [0.25, 0.3) is 10.6 Å². The van der Waals surface area contributed by atoms with Crippen molar-refractivity contribution < 1.29 is 9.90 Å². The van der Waals surface area contributed by atoms with Crippen LogP contribution in [0.1, 0.15) is 15.9 Å². The minimum Gasteiger partial charge on any atom is -0.507 e. The number of amides is 1. The molecule has 0 spiro atoms. The first kappa shape index (κ1) is 17.1. The Balaban J connectivity index is 1.42. The lowest BCUT2D eigenvalue weighted by atomic mass is 10.1. The van der Waals surface area contributed by atoms with Crippen LogP contribution in [0, 0.1) is 6.92 Å². The molecule has 1 aromatic carbocycles. The van der Waals surface area contributed by atoms with Crippen LogP contribution in [0.3, 0.4) is 0 Å². The Bertz CT molecular complexity index is 913. The van der Waals surface area contributed by atoms with Gasteiger partial charge in [0, 0.05) is 31.6 Å². The number of piperazine rings is 1. The predicted octanol–water partition coefficient (Wildman–Crippen LogP) is 3.85. The minimum atomic E-state index is -0.111. The van der Waals surface area contributed by atoms with E-state index < -0.39 is 0 Å². The monoisotopic (exact) mass is 385 g/mol. The van der Waals surface area contributed by atoms with E-state index in [9.17, 15) is 9.90 Å². The van der Waals surface area contributed by atoms with Crippen LogP contribution in [-0.2, 0) is 0 Å². The van der Waals surface area contributed by atoms with Crippen LogP contribution < -0.4 is 4.90 Å². The van der Waals surface area contributed by atoms with E-state index in [1.54, 1.807) is 39.7 Å². The third-order valence-corrected chi connectivity index (χ3v) is 6.28. The van der Waals surface area contributed by atoms with Crippen molar-refractivity contribution in [1.29, 1.82) is 0 Å². The zero-order valence-electron chi connectivity index (χ0n) is 14.4. The van der Waals surface area contributed by atoms with E-state index in [0.717, 1.165) is 29.5 Å². The fourth-order valence-electron chi connectivity index (χ4n) is 3.04. The minimum absolute atomic E-state index is 0.0537. The van der Waals surface area contributed by atoms with E-state index in [1.807, 2.05) is 19.1 Å². The molecule has 1 N–H and O–H groups in total. The van der Waals surface area contributed by atoms with E-state index in [2.05, 4.69) is 21.7 Å². The molecule has 0 atom stereocenters. The first-order chi connectivity index (χ1) is 12.6. The van der Waals surface area contributed by atoms with E-state index in [4.69, 9.17) is 4.98 Å². The second-order valence-electron chi connectivity index (χ2n) is 6.29. The third kappa shape index (κ3) is 3.32. The number of benzene rings is 1. The highest BCUT2D eigenvalue weighted by molar-refractivity contribution is 7.16. The second kappa shape index (κ2) is 7.09. The highest BCUT2D eigenvalue weighted by atomic mass is 32.1. The number of phenolic OH excluding ortho intramolecular Hbond substituents is 1. The summed E-state index contributed by atoms with van der Waals surface area (Å²) in [6, 6.07) is 9.29. The number of thiophene rings is 1. The fourth-order valence-corrected chi connectivity index (χ4v) is 4.68. The molecule has 3 aromatic rings. The molecule has 0 unspecified atom stereocenters. The molecule has 1 aliphatic rings. The molecule has 0 bridgehead atoms. The molecule has 0 aliphatic carbocycles. The van der Waals surface area contributed by atoms with Crippen LogP contribution in [0.2, 0.25) is 0 Å². The summed E-state index contributed by atoms with van der Waals surface area (Å²) < 4.78 is 0. The first-order valence-electron chi connectivity index (χ1n) is 8.45. The lowest BCUT2D eigenvalue weighted by Crippen LogP contribution is -2.48. The molecule has 0 saturated carbocycles. The van der Waals surface area contributed by atoms with Crippen molar-refractivity contribution in [3.05, 3.63) is 52.2 Å². The molecule has 1 amide bonds. The quantitative estimate of drug-likeness (QED) is 0.744. The van der Waals surface area contributed by atoms with Gasteiger partial charge in [-0.05, 0) is 36.1 Å². The Hall–Kier alpha value is -2.38. The van der Waals surface area contributed by atoms with Crippen molar-refractivity contribution in [3.63, 3.8) is 0 Å². The number of anilines is 1.